The molecule has 2 heteroatoms. The van der Waals surface area contributed by atoms with E-state index in [1.807, 2.05) is 202 Å². The van der Waals surface area contributed by atoms with E-state index in [0.29, 0.717) is 0 Å². The Morgan fingerprint density at radius 2 is 0.333 bits per heavy atom. The Hall–Kier alpha value is -2.21. The summed E-state index contributed by atoms with van der Waals surface area (Å²) in [6.07, 6.45) is 1.25. The maximum atomic E-state index is 2.12. The minimum Gasteiger partial charge on any atom is -0.358 e. The van der Waals surface area contributed by atoms with Crippen molar-refractivity contribution in [3.05, 3.63) is 222 Å². The second-order valence-electron chi connectivity index (χ2n) is 9.17. The minimum atomic E-state index is 0. The Morgan fingerprint density at radius 3 is 0.429 bits per heavy atom. The maximum Gasteiger partial charge on any atom is 0 e. The van der Waals surface area contributed by atoms with E-state index in [1.165, 1.54) is 33.9 Å². The summed E-state index contributed by atoms with van der Waals surface area (Å²) in [4.78, 5) is 0. The van der Waals surface area contributed by atoms with Gasteiger partial charge in [0.25, 0.3) is 0 Å². The number of hydrogen-bond donors (Lipinski definition) is 0. The monoisotopic (exact) mass is 1020 g/mol. The Labute approximate surface area is 453 Å². The molecule has 0 heterocycles. The molecule has 0 aromatic heterocycles. The SMILES string of the molecule is C.CC.CC.CC.CC.CC.CC.CC.CC.CCC.Cc1ccccc1.Cc1ccccc1.Cc1ccccc1.[CH3-].[CH3-].[CH3-].[CH3-].[Y].[Y].c1ccc2ccccc2c1.c1ccccc1. The molecule has 0 amide bonds. The van der Waals surface area contributed by atoms with Gasteiger partial charge in [-0.05, 0) is 31.5 Å². The third-order valence-electron chi connectivity index (χ3n) is 5.15. The topological polar surface area (TPSA) is 0 Å². The smallest absolute Gasteiger partial charge is 0 e. The molecule has 63 heavy (non-hydrogen) atoms. The second-order valence-corrected chi connectivity index (χ2v) is 9.17. The fraction of sp³-hybridized carbons (Fsp3) is 0.377. The largest absolute Gasteiger partial charge is 0.358 e. The van der Waals surface area contributed by atoms with Crippen molar-refractivity contribution in [1.29, 1.82) is 0 Å². The summed E-state index contributed by atoms with van der Waals surface area (Å²) in [6, 6.07) is 59.5. The summed E-state index contributed by atoms with van der Waals surface area (Å²) in [6.45, 7) is 42.5. The zero-order valence-electron chi connectivity index (χ0n) is 46.1. The number of aryl methyl sites for hydroxylation is 3. The molecule has 0 saturated carbocycles. The summed E-state index contributed by atoms with van der Waals surface area (Å²) >= 11 is 0. The maximum absolute atomic E-state index is 2.12. The fourth-order valence-electron chi connectivity index (χ4n) is 3.12. The predicted octanol–water partition coefficient (Wildman–Crippen LogP) is 22.6. The average molecular weight is 1020 g/mol. The number of hydrogen-bond acceptors (Lipinski definition) is 0. The van der Waals surface area contributed by atoms with Gasteiger partial charge in [0.15, 0.2) is 0 Å². The van der Waals surface area contributed by atoms with Crippen molar-refractivity contribution < 1.29 is 65.4 Å². The first-order chi connectivity index (χ1) is 27.6. The molecule has 0 unspecified atom stereocenters. The van der Waals surface area contributed by atoms with Gasteiger partial charge >= 0.3 is 0 Å². The van der Waals surface area contributed by atoms with Crippen LogP contribution in [0.2, 0.25) is 0 Å². The van der Waals surface area contributed by atoms with Gasteiger partial charge in [-0.2, -0.15) is 0 Å². The molecule has 0 aliphatic rings. The van der Waals surface area contributed by atoms with Crippen LogP contribution >= 0.6 is 0 Å². The van der Waals surface area contributed by atoms with Gasteiger partial charge in [0.1, 0.15) is 0 Å². The predicted molar refractivity (Wildman–Crippen MR) is 303 cm³/mol. The molecule has 2 radical (unpaired) electrons. The van der Waals surface area contributed by atoms with Crippen LogP contribution in [0.3, 0.4) is 0 Å². The van der Waals surface area contributed by atoms with E-state index in [4.69, 9.17) is 0 Å². The van der Waals surface area contributed by atoms with Gasteiger partial charge in [-0.1, -0.05) is 331 Å². The quantitative estimate of drug-likeness (QED) is 0.133. The van der Waals surface area contributed by atoms with Crippen LogP contribution in [-0.4, -0.2) is 0 Å². The molecule has 0 aliphatic heterocycles. The van der Waals surface area contributed by atoms with Crippen molar-refractivity contribution in [2.24, 2.45) is 0 Å². The molecule has 6 rings (SSSR count). The van der Waals surface area contributed by atoms with Crippen LogP contribution in [0.1, 0.15) is 155 Å². The molecule has 0 bridgehead atoms. The van der Waals surface area contributed by atoms with E-state index in [-0.39, 0.29) is 103 Å². The van der Waals surface area contributed by atoms with Gasteiger partial charge in [-0.3, -0.25) is 0 Å². The summed E-state index contributed by atoms with van der Waals surface area (Å²) in [5.74, 6) is 0. The minimum absolute atomic E-state index is 0. The number of fused-ring (bicyclic) bond motifs is 1. The number of benzene rings is 6. The van der Waals surface area contributed by atoms with Crippen LogP contribution in [0.4, 0.5) is 0 Å². The van der Waals surface area contributed by atoms with Crippen molar-refractivity contribution in [3.8, 4) is 0 Å². The Bertz CT molecular complexity index is 1160. The first kappa shape index (κ1) is 104. The molecule has 0 saturated heterocycles. The van der Waals surface area contributed by atoms with E-state index in [0.717, 1.165) is 0 Å². The molecule has 364 valence electrons. The molecule has 6 aromatic rings. The first-order valence-electron chi connectivity index (χ1n) is 22.1. The summed E-state index contributed by atoms with van der Waals surface area (Å²) in [5.41, 5.74) is 3.97. The van der Waals surface area contributed by atoms with Crippen molar-refractivity contribution in [2.45, 2.75) is 159 Å². The first-order valence-corrected chi connectivity index (χ1v) is 22.1. The van der Waals surface area contributed by atoms with Gasteiger partial charge < -0.3 is 29.7 Å². The molecular weight excluding hydrogens is 910 g/mol. The number of rotatable bonds is 0. The Kier molecular flexibility index (Phi) is 186. The Balaban J connectivity index is -0.0000000315. The summed E-state index contributed by atoms with van der Waals surface area (Å²) < 4.78 is 0. The van der Waals surface area contributed by atoms with Gasteiger partial charge in [-0.25, -0.2) is 0 Å². The van der Waals surface area contributed by atoms with Crippen molar-refractivity contribution >= 4 is 10.8 Å². The van der Waals surface area contributed by atoms with Crippen LogP contribution in [0.25, 0.3) is 10.8 Å². The third-order valence-corrected chi connectivity index (χ3v) is 5.15. The van der Waals surface area contributed by atoms with Crippen LogP contribution in [-0.2, 0) is 65.4 Å². The normalized spacial score (nSPS) is 6.30. The van der Waals surface area contributed by atoms with Crippen molar-refractivity contribution in [2.75, 3.05) is 0 Å². The van der Waals surface area contributed by atoms with Crippen molar-refractivity contribution in [3.63, 3.8) is 0 Å². The van der Waals surface area contributed by atoms with Gasteiger partial charge in [-0.15, -0.1) is 0 Å². The molecule has 0 spiro atoms. The van der Waals surface area contributed by atoms with Gasteiger partial charge in [0, 0.05) is 65.4 Å². The van der Waals surface area contributed by atoms with Crippen LogP contribution < -0.4 is 0 Å². The fourth-order valence-corrected chi connectivity index (χ4v) is 3.12. The molecule has 0 nitrogen and oxygen atoms in total. The molecule has 0 fully saturated rings. The van der Waals surface area contributed by atoms with E-state index < -0.39 is 0 Å². The van der Waals surface area contributed by atoms with E-state index >= 15 is 0 Å². The molecule has 0 atom stereocenters. The van der Waals surface area contributed by atoms with Crippen molar-refractivity contribution in [1.82, 2.24) is 0 Å². The molecule has 6 aromatic carbocycles. The molecular formula is C61H110Y2-4. The van der Waals surface area contributed by atoms with Gasteiger partial charge in [0.2, 0.25) is 0 Å². The zero-order valence-corrected chi connectivity index (χ0v) is 51.8. The standard InChI is InChI=1S/C10H8.3C7H8.C6H6.C3H8.8C2H6.CH4.4CH3.2Y/c1-2-6-10-8-4-3-7-9(10)5-1;3*1-7-5-3-2-4-6-7;1-2-4-6-5-3-1;1-3-2;8*1-2;;;;;;;/h1-8H;3*2-6H,1H3;1-6H;3H2,1-2H3;8*1-2H3;1H4;4*1H3;;/q;;;;;;;;;;;;;;;4*-1;;. The molecule has 0 N–H and O–H groups in total. The summed E-state index contributed by atoms with van der Waals surface area (Å²) in [7, 11) is 0. The molecule has 0 aliphatic carbocycles. The van der Waals surface area contributed by atoms with E-state index in [2.05, 4.69) is 120 Å². The Morgan fingerprint density at radius 1 is 0.238 bits per heavy atom. The second kappa shape index (κ2) is 113. The third kappa shape index (κ3) is 95.2. The van der Waals surface area contributed by atoms with Crippen LogP contribution in [0, 0.1) is 50.5 Å². The van der Waals surface area contributed by atoms with Crippen LogP contribution in [0.5, 0.6) is 0 Å². The van der Waals surface area contributed by atoms with E-state index in [9.17, 15) is 0 Å². The average Bonchev–Trinajstić information content (AvgIpc) is 3.32. The van der Waals surface area contributed by atoms with Crippen LogP contribution in [0.15, 0.2) is 176 Å². The van der Waals surface area contributed by atoms with Gasteiger partial charge in [0.05, 0.1) is 0 Å². The zero-order chi connectivity index (χ0) is 45.1. The summed E-state index contributed by atoms with van der Waals surface area (Å²) in [5, 5.41) is 2.62. The van der Waals surface area contributed by atoms with E-state index in [1.54, 1.807) is 0 Å².